The first-order chi connectivity index (χ1) is 11.5. The number of hydrazone groups is 1. The topological polar surface area (TPSA) is 59.9 Å². The third-order valence-corrected chi connectivity index (χ3v) is 3.91. The van der Waals surface area contributed by atoms with Crippen molar-refractivity contribution in [3.8, 4) is 11.5 Å². The van der Waals surface area contributed by atoms with Crippen molar-refractivity contribution in [2.24, 2.45) is 5.10 Å². The number of nitrogens with zero attached hydrogens (tertiary/aromatic N) is 1. The molecule has 1 N–H and O–H groups in total. The summed E-state index contributed by atoms with van der Waals surface area (Å²) in [6.07, 6.45) is 1.52. The molecule has 0 spiro atoms. The predicted octanol–water partition coefficient (Wildman–Crippen LogP) is 3.49. The molecule has 0 aromatic heterocycles. The van der Waals surface area contributed by atoms with Gasteiger partial charge in [-0.2, -0.15) is 5.10 Å². The largest absolute Gasteiger partial charge is 0.496 e. The molecule has 0 aliphatic rings. The number of carbonyl (C=O) groups is 1. The van der Waals surface area contributed by atoms with Gasteiger partial charge in [0.1, 0.15) is 11.5 Å². The third kappa shape index (κ3) is 4.73. The summed E-state index contributed by atoms with van der Waals surface area (Å²) in [7, 11) is 1.58. The second-order valence-electron chi connectivity index (χ2n) is 5.19. The summed E-state index contributed by atoms with van der Waals surface area (Å²) in [6.45, 7) is 3.64. The van der Waals surface area contributed by atoms with Crippen molar-refractivity contribution in [3.05, 3.63) is 58.1 Å². The number of ether oxygens (including phenoxy) is 2. The maximum absolute atomic E-state index is 11.8. The first-order valence-corrected chi connectivity index (χ1v) is 7.73. The van der Waals surface area contributed by atoms with E-state index in [1.807, 2.05) is 38.1 Å². The molecule has 0 radical (unpaired) electrons. The summed E-state index contributed by atoms with van der Waals surface area (Å²) in [5, 5.41) is 4.61. The zero-order valence-electron chi connectivity index (χ0n) is 13.8. The molecule has 126 valence electrons. The van der Waals surface area contributed by atoms with Crippen LogP contribution in [0.1, 0.15) is 16.7 Å². The number of amides is 1. The Morgan fingerprint density at radius 1 is 1.25 bits per heavy atom. The fourth-order valence-electron chi connectivity index (χ4n) is 2.12. The highest BCUT2D eigenvalue weighted by Gasteiger charge is 2.06. The quantitative estimate of drug-likeness (QED) is 0.643. The van der Waals surface area contributed by atoms with Crippen LogP contribution in [0.5, 0.6) is 11.5 Å². The van der Waals surface area contributed by atoms with Gasteiger partial charge in [0.15, 0.2) is 6.61 Å². The average molecular weight is 347 g/mol. The average Bonchev–Trinajstić information content (AvgIpc) is 2.58. The molecule has 2 aromatic rings. The lowest BCUT2D eigenvalue weighted by atomic mass is 10.1. The van der Waals surface area contributed by atoms with Gasteiger partial charge >= 0.3 is 0 Å². The van der Waals surface area contributed by atoms with Gasteiger partial charge in [-0.05, 0) is 49.2 Å². The van der Waals surface area contributed by atoms with Gasteiger partial charge in [0.05, 0.1) is 13.3 Å². The van der Waals surface area contributed by atoms with Gasteiger partial charge in [-0.1, -0.05) is 23.7 Å². The molecular weight excluding hydrogens is 328 g/mol. The van der Waals surface area contributed by atoms with Crippen molar-refractivity contribution in [1.29, 1.82) is 0 Å². The number of methoxy groups -OCH3 is 1. The van der Waals surface area contributed by atoms with Gasteiger partial charge < -0.3 is 9.47 Å². The maximum atomic E-state index is 11.8. The van der Waals surface area contributed by atoms with Crippen LogP contribution in [0.15, 0.2) is 41.5 Å². The Hall–Kier alpha value is -2.53. The molecule has 0 atom stereocenters. The Morgan fingerprint density at radius 2 is 1.92 bits per heavy atom. The lowest BCUT2D eigenvalue weighted by molar-refractivity contribution is -0.123. The van der Waals surface area contributed by atoms with Crippen molar-refractivity contribution < 1.29 is 14.3 Å². The molecule has 5 nitrogen and oxygen atoms in total. The van der Waals surface area contributed by atoms with Crippen LogP contribution in [0.25, 0.3) is 0 Å². The van der Waals surface area contributed by atoms with Crippen LogP contribution in [0.4, 0.5) is 0 Å². The van der Waals surface area contributed by atoms with Gasteiger partial charge in [0.25, 0.3) is 5.91 Å². The zero-order valence-corrected chi connectivity index (χ0v) is 14.6. The number of aryl methyl sites for hydroxylation is 2. The fraction of sp³-hybridized carbons (Fsp3) is 0.222. The van der Waals surface area contributed by atoms with E-state index < -0.39 is 0 Å². The number of rotatable bonds is 6. The predicted molar refractivity (Wildman–Crippen MR) is 95.2 cm³/mol. The normalized spacial score (nSPS) is 10.7. The van der Waals surface area contributed by atoms with Crippen LogP contribution in [0.3, 0.4) is 0 Å². The van der Waals surface area contributed by atoms with E-state index in [1.54, 1.807) is 19.2 Å². The number of hydrogen-bond acceptors (Lipinski definition) is 4. The molecule has 0 aliphatic heterocycles. The molecule has 0 fully saturated rings. The minimum absolute atomic E-state index is 0.135. The highest BCUT2D eigenvalue weighted by Crippen LogP contribution is 2.25. The molecule has 6 heteroatoms. The molecular formula is C18H19ClN2O3. The number of benzene rings is 2. The van der Waals surface area contributed by atoms with E-state index in [0.29, 0.717) is 16.5 Å². The van der Waals surface area contributed by atoms with Crippen LogP contribution < -0.4 is 14.9 Å². The fourth-order valence-corrected chi connectivity index (χ4v) is 2.23. The Morgan fingerprint density at radius 3 is 2.58 bits per heavy atom. The molecule has 1 amide bonds. The second kappa shape index (κ2) is 8.36. The van der Waals surface area contributed by atoms with Gasteiger partial charge in [0.2, 0.25) is 0 Å². The van der Waals surface area contributed by atoms with E-state index >= 15 is 0 Å². The molecule has 0 unspecified atom stereocenters. The second-order valence-corrected chi connectivity index (χ2v) is 5.57. The van der Waals surface area contributed by atoms with Crippen LogP contribution in [-0.4, -0.2) is 25.8 Å². The summed E-state index contributed by atoms with van der Waals surface area (Å²) in [5.41, 5.74) is 4.99. The smallest absolute Gasteiger partial charge is 0.277 e. The van der Waals surface area contributed by atoms with Crippen molar-refractivity contribution in [3.63, 3.8) is 0 Å². The summed E-state index contributed by atoms with van der Waals surface area (Å²) < 4.78 is 10.7. The number of nitrogens with one attached hydrogen (secondary N) is 1. The van der Waals surface area contributed by atoms with Crippen molar-refractivity contribution in [2.75, 3.05) is 13.7 Å². The SMILES string of the molecule is COc1ccccc1C=NNC(=O)COc1cc(C)c(Cl)c(C)c1. The van der Waals surface area contributed by atoms with Gasteiger partial charge in [0, 0.05) is 10.6 Å². The van der Waals surface area contributed by atoms with Crippen molar-refractivity contribution in [2.45, 2.75) is 13.8 Å². The van der Waals surface area contributed by atoms with Crippen LogP contribution in [0, 0.1) is 13.8 Å². The molecule has 0 aliphatic carbocycles. The summed E-state index contributed by atoms with van der Waals surface area (Å²) >= 11 is 6.10. The maximum Gasteiger partial charge on any atom is 0.277 e. The van der Waals surface area contributed by atoms with Gasteiger partial charge in [-0.15, -0.1) is 0 Å². The number of hydrogen-bond donors (Lipinski definition) is 1. The lowest BCUT2D eigenvalue weighted by Crippen LogP contribution is -2.24. The summed E-state index contributed by atoms with van der Waals surface area (Å²) in [6, 6.07) is 11.0. The Kier molecular flexibility index (Phi) is 6.21. The van der Waals surface area contributed by atoms with Crippen molar-refractivity contribution in [1.82, 2.24) is 5.43 Å². The van der Waals surface area contributed by atoms with Crippen LogP contribution in [0.2, 0.25) is 5.02 Å². The molecule has 0 saturated carbocycles. The van der Waals surface area contributed by atoms with E-state index in [-0.39, 0.29) is 12.5 Å². The van der Waals surface area contributed by atoms with Crippen molar-refractivity contribution >= 4 is 23.7 Å². The third-order valence-electron chi connectivity index (χ3n) is 3.31. The monoisotopic (exact) mass is 346 g/mol. The molecule has 24 heavy (non-hydrogen) atoms. The first-order valence-electron chi connectivity index (χ1n) is 7.35. The number of para-hydroxylation sites is 1. The van der Waals surface area contributed by atoms with E-state index in [0.717, 1.165) is 16.7 Å². The Bertz CT molecular complexity index is 737. The highest BCUT2D eigenvalue weighted by molar-refractivity contribution is 6.32. The van der Waals surface area contributed by atoms with E-state index in [2.05, 4.69) is 10.5 Å². The highest BCUT2D eigenvalue weighted by atomic mass is 35.5. The zero-order chi connectivity index (χ0) is 17.5. The number of halogens is 1. The Labute approximate surface area is 146 Å². The van der Waals surface area contributed by atoms with E-state index in [9.17, 15) is 4.79 Å². The standard InChI is InChI=1S/C18H19ClN2O3/c1-12-8-15(9-13(2)18(12)19)24-11-17(22)21-20-10-14-6-4-5-7-16(14)23-3/h4-10H,11H2,1-3H3,(H,21,22). The molecule has 0 bridgehead atoms. The lowest BCUT2D eigenvalue weighted by Gasteiger charge is -2.09. The minimum Gasteiger partial charge on any atom is -0.496 e. The summed E-state index contributed by atoms with van der Waals surface area (Å²) in [5.74, 6) is 0.920. The van der Waals surface area contributed by atoms with Crippen LogP contribution in [-0.2, 0) is 4.79 Å². The van der Waals surface area contributed by atoms with E-state index in [1.165, 1.54) is 6.21 Å². The molecule has 0 heterocycles. The summed E-state index contributed by atoms with van der Waals surface area (Å²) in [4.78, 5) is 11.8. The minimum atomic E-state index is -0.355. The van der Waals surface area contributed by atoms with E-state index in [4.69, 9.17) is 21.1 Å². The van der Waals surface area contributed by atoms with Gasteiger partial charge in [-0.3, -0.25) is 4.79 Å². The molecule has 2 aromatic carbocycles. The number of carbonyl (C=O) groups excluding carboxylic acids is 1. The van der Waals surface area contributed by atoms with Gasteiger partial charge in [-0.25, -0.2) is 5.43 Å². The first kappa shape index (κ1) is 17.8. The molecule has 0 saturated heterocycles. The molecule has 2 rings (SSSR count). The Balaban J connectivity index is 1.89. The van der Waals surface area contributed by atoms with Crippen LogP contribution >= 0.6 is 11.6 Å².